The van der Waals surface area contributed by atoms with Crippen LogP contribution in [0, 0.1) is 5.82 Å². The number of hydrogen-bond donors (Lipinski definition) is 4. The number of hydrogen-bond acceptors (Lipinski definition) is 9. The first-order valence-electron chi connectivity index (χ1n) is 19.1. The number of phenolic OH excluding ortho intramolecular Hbond substituents is 2. The Balaban J connectivity index is 0.000000238. The molecule has 0 bridgehead atoms. The van der Waals surface area contributed by atoms with E-state index >= 15 is 0 Å². The van der Waals surface area contributed by atoms with E-state index in [0.717, 1.165) is 75.0 Å². The third-order valence-electron chi connectivity index (χ3n) is 10.1. The predicted molar refractivity (Wildman–Crippen MR) is 216 cm³/mol. The zero-order chi connectivity index (χ0) is 40.3. The Labute approximate surface area is 329 Å². The van der Waals surface area contributed by atoms with Crippen molar-refractivity contribution in [1.29, 1.82) is 0 Å². The largest absolute Gasteiger partial charge is 0.508 e. The smallest absolute Gasteiger partial charge is 0.262 e. The van der Waals surface area contributed by atoms with Crippen LogP contribution in [0.4, 0.5) is 14.5 Å². The molecule has 1 saturated heterocycles. The second kappa shape index (κ2) is 22.6. The zero-order valence-electron chi connectivity index (χ0n) is 32.7. The molecule has 0 aromatic heterocycles. The average molecular weight is 775 g/mol. The summed E-state index contributed by atoms with van der Waals surface area (Å²) >= 11 is 0. The lowest BCUT2D eigenvalue weighted by Gasteiger charge is -2.42. The van der Waals surface area contributed by atoms with Crippen LogP contribution in [0.2, 0.25) is 0 Å². The summed E-state index contributed by atoms with van der Waals surface area (Å²) in [6.45, 7) is 5.86. The molecule has 12 heteroatoms. The lowest BCUT2D eigenvalue weighted by atomic mass is 9.67. The van der Waals surface area contributed by atoms with E-state index in [0.29, 0.717) is 62.5 Å². The van der Waals surface area contributed by atoms with Crippen molar-refractivity contribution in [2.75, 3.05) is 79.1 Å². The summed E-state index contributed by atoms with van der Waals surface area (Å²) in [5.74, 6) is 0.457. The number of amides is 1. The molecule has 1 fully saturated rings. The van der Waals surface area contributed by atoms with Crippen molar-refractivity contribution in [2.24, 2.45) is 0 Å². The number of fused-ring (bicyclic) bond motifs is 1. The SMILES string of the molecule is CF.CN(CCNCCc1ccc(O)c2c1OCC(=O)N2)Cc1ccccc1F.CN1CCC(c2ccccc2)(c2cc(CCOCCC=O)ccc2O)CC1. The molecule has 2 heterocycles. The number of nitrogens with one attached hydrogen (secondary N) is 2. The van der Waals surface area contributed by atoms with Gasteiger partial charge >= 0.3 is 0 Å². The van der Waals surface area contributed by atoms with Crippen molar-refractivity contribution in [3.63, 3.8) is 0 Å². The van der Waals surface area contributed by atoms with Crippen molar-refractivity contribution in [3.05, 3.63) is 119 Å². The summed E-state index contributed by atoms with van der Waals surface area (Å²) in [6.07, 6.45) is 4.76. The molecule has 1 amide bonds. The molecule has 0 saturated carbocycles. The quantitative estimate of drug-likeness (QED) is 0.0594. The Hall–Kier alpha value is -4.88. The molecule has 0 atom stereocenters. The molecule has 0 aliphatic carbocycles. The first-order valence-corrected chi connectivity index (χ1v) is 19.1. The fourth-order valence-corrected chi connectivity index (χ4v) is 7.04. The Bertz CT molecular complexity index is 1820. The van der Waals surface area contributed by atoms with Crippen molar-refractivity contribution in [3.8, 4) is 17.2 Å². The molecule has 0 radical (unpaired) electrons. The van der Waals surface area contributed by atoms with E-state index in [1.807, 2.05) is 31.3 Å². The third kappa shape index (κ3) is 12.3. The predicted octanol–water partition coefficient (Wildman–Crippen LogP) is 6.26. The van der Waals surface area contributed by atoms with Crippen LogP contribution in [0.1, 0.15) is 47.1 Å². The number of nitrogens with zero attached hydrogens (tertiary/aromatic N) is 2. The second-order valence-corrected chi connectivity index (χ2v) is 14.0. The fourth-order valence-electron chi connectivity index (χ4n) is 7.04. The van der Waals surface area contributed by atoms with Crippen molar-refractivity contribution >= 4 is 17.9 Å². The molecule has 6 rings (SSSR count). The zero-order valence-corrected chi connectivity index (χ0v) is 32.7. The summed E-state index contributed by atoms with van der Waals surface area (Å²) in [5, 5.41) is 26.6. The van der Waals surface area contributed by atoms with E-state index in [1.54, 1.807) is 24.3 Å². The number of piperidine rings is 1. The molecular formula is C44H56F2N4O6. The highest BCUT2D eigenvalue weighted by Gasteiger charge is 2.39. The first-order chi connectivity index (χ1) is 27.2. The number of halogens is 2. The summed E-state index contributed by atoms with van der Waals surface area (Å²) in [4.78, 5) is 26.2. The number of alkyl halides is 1. The number of rotatable bonds is 16. The van der Waals surface area contributed by atoms with Gasteiger partial charge in [-0.15, -0.1) is 0 Å². The van der Waals surface area contributed by atoms with Crippen LogP contribution in [-0.2, 0) is 39.1 Å². The summed E-state index contributed by atoms with van der Waals surface area (Å²) in [6, 6.07) is 26.7. The van der Waals surface area contributed by atoms with Gasteiger partial charge in [0.25, 0.3) is 5.91 Å². The highest BCUT2D eigenvalue weighted by molar-refractivity contribution is 5.97. The number of benzene rings is 4. The molecular weight excluding hydrogens is 719 g/mol. The highest BCUT2D eigenvalue weighted by Crippen LogP contribution is 2.45. The monoisotopic (exact) mass is 774 g/mol. The van der Waals surface area contributed by atoms with Crippen molar-refractivity contribution in [2.45, 2.75) is 44.1 Å². The Morgan fingerprint density at radius 2 is 1.64 bits per heavy atom. The molecule has 2 aliphatic rings. The van der Waals surface area contributed by atoms with E-state index in [-0.39, 0.29) is 29.5 Å². The lowest BCUT2D eigenvalue weighted by Crippen LogP contribution is -2.41. The maximum atomic E-state index is 13.7. The molecule has 2 aliphatic heterocycles. The topological polar surface area (TPSA) is 124 Å². The van der Waals surface area contributed by atoms with Gasteiger partial charge in [-0.2, -0.15) is 0 Å². The molecule has 0 unspecified atom stereocenters. The van der Waals surface area contributed by atoms with Crippen LogP contribution in [0.5, 0.6) is 17.2 Å². The van der Waals surface area contributed by atoms with Gasteiger partial charge in [-0.1, -0.05) is 66.7 Å². The third-order valence-corrected chi connectivity index (χ3v) is 10.1. The molecule has 10 nitrogen and oxygen atoms in total. The molecule has 56 heavy (non-hydrogen) atoms. The first kappa shape index (κ1) is 43.8. The van der Waals surface area contributed by atoms with Crippen molar-refractivity contribution in [1.82, 2.24) is 15.1 Å². The Kier molecular flexibility index (Phi) is 17.7. The van der Waals surface area contributed by atoms with Gasteiger partial charge in [0.2, 0.25) is 0 Å². The van der Waals surface area contributed by atoms with Crippen LogP contribution < -0.4 is 15.4 Å². The number of likely N-dealkylation sites (N-methyl/N-ethyl adjacent to an activating group) is 1. The van der Waals surface area contributed by atoms with Gasteiger partial charge in [0.1, 0.15) is 29.3 Å². The average Bonchev–Trinajstić information content (AvgIpc) is 3.22. The number of anilines is 1. The maximum Gasteiger partial charge on any atom is 0.262 e. The Morgan fingerprint density at radius 3 is 2.38 bits per heavy atom. The van der Waals surface area contributed by atoms with Crippen LogP contribution in [0.15, 0.2) is 84.9 Å². The van der Waals surface area contributed by atoms with Crippen LogP contribution in [-0.4, -0.2) is 106 Å². The normalized spacial score (nSPS) is 14.6. The number of phenols is 2. The van der Waals surface area contributed by atoms with Gasteiger partial charge in [0.15, 0.2) is 12.4 Å². The van der Waals surface area contributed by atoms with Gasteiger partial charge in [0, 0.05) is 42.6 Å². The highest BCUT2D eigenvalue weighted by atomic mass is 19.1. The molecule has 302 valence electrons. The molecule has 4 aromatic carbocycles. The number of aromatic hydroxyl groups is 2. The molecule has 4 aromatic rings. The van der Waals surface area contributed by atoms with Crippen LogP contribution in [0.3, 0.4) is 0 Å². The number of carbonyl (C=O) groups excluding carboxylic acids is 2. The summed E-state index contributed by atoms with van der Waals surface area (Å²) < 4.78 is 34.2. The molecule has 4 N–H and O–H groups in total. The minimum atomic E-state index is -0.272. The lowest BCUT2D eigenvalue weighted by molar-refractivity contribution is -0.118. The number of ether oxygens (including phenoxy) is 2. The second-order valence-electron chi connectivity index (χ2n) is 14.0. The molecule has 0 spiro atoms. The number of aldehydes is 1. The van der Waals surface area contributed by atoms with E-state index in [4.69, 9.17) is 9.47 Å². The van der Waals surface area contributed by atoms with Gasteiger partial charge in [-0.05, 0) is 94.3 Å². The van der Waals surface area contributed by atoms with Crippen LogP contribution >= 0.6 is 0 Å². The van der Waals surface area contributed by atoms with Crippen molar-refractivity contribution < 1.29 is 38.1 Å². The van der Waals surface area contributed by atoms with Gasteiger partial charge in [0.05, 0.1) is 20.4 Å². The van der Waals surface area contributed by atoms with E-state index < -0.39 is 0 Å². The van der Waals surface area contributed by atoms with E-state index in [9.17, 15) is 28.6 Å². The van der Waals surface area contributed by atoms with Gasteiger partial charge in [-0.25, -0.2) is 4.39 Å². The fraction of sp³-hybridized carbons (Fsp3) is 0.409. The minimum Gasteiger partial charge on any atom is -0.508 e. The number of likely N-dealkylation sites (tertiary alicyclic amines) is 1. The maximum absolute atomic E-state index is 13.7. The number of carbonyl (C=O) groups is 2. The van der Waals surface area contributed by atoms with E-state index in [2.05, 4.69) is 57.8 Å². The van der Waals surface area contributed by atoms with Gasteiger partial charge in [-0.3, -0.25) is 9.18 Å². The van der Waals surface area contributed by atoms with Crippen LogP contribution in [0.25, 0.3) is 0 Å². The Morgan fingerprint density at radius 1 is 0.929 bits per heavy atom. The summed E-state index contributed by atoms with van der Waals surface area (Å²) in [7, 11) is 4.61. The van der Waals surface area contributed by atoms with Gasteiger partial charge < -0.3 is 44.9 Å². The summed E-state index contributed by atoms with van der Waals surface area (Å²) in [5.41, 5.74) is 5.24. The standard InChI is InChI=1S/C23H29NO3.C20H24FN3O3.CH3F/c1-24-13-11-23(12-14-24,20-6-3-2-4-7-20)21-18-19(8-9-22(21)26)10-17-27-16-5-15-25;1-24(12-15-4-2-3-5-16(15)21)11-10-22-9-8-14-6-7-17(25)19-20(14)27-13-18(26)23-19;1-2/h2-4,6-9,15,18,26H,5,10-14,16-17H2,1H3;2-7,22,25H,8-13H2,1H3,(H,23,26);1H3. The minimum absolute atomic E-state index is 0.00419. The van der Waals surface area contributed by atoms with E-state index in [1.165, 1.54) is 11.6 Å².